The van der Waals surface area contributed by atoms with Crippen LogP contribution in [0.15, 0.2) is 42.5 Å². The van der Waals surface area contributed by atoms with E-state index < -0.39 is 4.92 Å². The predicted molar refractivity (Wildman–Crippen MR) is 95.7 cm³/mol. The molecular weight excluding hydrogens is 320 g/mol. The number of carbonyl (C=O) groups excluding carboxylic acids is 1. The smallest absolute Gasteiger partial charge is 0.269 e. The summed E-state index contributed by atoms with van der Waals surface area (Å²) in [6.07, 6.45) is 0.209. The maximum absolute atomic E-state index is 12.7. The molecule has 0 saturated carbocycles. The summed E-state index contributed by atoms with van der Waals surface area (Å²) in [5.41, 5.74) is 2.62. The second-order valence-corrected chi connectivity index (χ2v) is 6.02. The molecule has 2 aromatic rings. The second-order valence-electron chi connectivity index (χ2n) is 6.02. The average molecular weight is 342 g/mol. The molecule has 0 saturated heterocycles. The van der Waals surface area contributed by atoms with Gasteiger partial charge in [-0.2, -0.15) is 0 Å². The van der Waals surface area contributed by atoms with Gasteiger partial charge in [-0.25, -0.2) is 0 Å². The summed E-state index contributed by atoms with van der Waals surface area (Å²) in [5.74, 6) is 0.596. The van der Waals surface area contributed by atoms with E-state index in [4.69, 9.17) is 4.74 Å². The Morgan fingerprint density at radius 2 is 2.00 bits per heavy atom. The number of aryl methyl sites for hydroxylation is 1. The number of methoxy groups -OCH3 is 1. The molecule has 0 aliphatic heterocycles. The molecule has 0 unspecified atom stereocenters. The number of likely N-dealkylation sites (N-methyl/N-ethyl adjacent to an activating group) is 1. The standard InChI is InChI=1S/C19H22N2O4/c1-13-8-9-18(25-4)16(10-13)12-19(22)20(3)14(2)15-6-5-7-17(11-15)21(23)24/h5-11,14H,12H2,1-4H3/t14-/m0/s1. The van der Waals surface area contributed by atoms with Gasteiger partial charge in [0.2, 0.25) is 5.91 Å². The zero-order valence-corrected chi connectivity index (χ0v) is 14.9. The molecule has 2 rings (SSSR count). The van der Waals surface area contributed by atoms with Crippen molar-refractivity contribution in [2.24, 2.45) is 0 Å². The van der Waals surface area contributed by atoms with Crippen molar-refractivity contribution >= 4 is 11.6 Å². The number of non-ortho nitro benzene ring substituents is 1. The number of nitro groups is 1. The SMILES string of the molecule is COc1ccc(C)cc1CC(=O)N(C)[C@@H](C)c1cccc([N+](=O)[O-])c1. The summed E-state index contributed by atoms with van der Waals surface area (Å²) in [6.45, 7) is 3.81. The molecule has 0 aliphatic carbocycles. The molecule has 1 amide bonds. The van der Waals surface area contributed by atoms with Gasteiger partial charge in [0.05, 0.1) is 24.5 Å². The van der Waals surface area contributed by atoms with Crippen molar-refractivity contribution in [2.75, 3.05) is 14.2 Å². The number of carbonyl (C=O) groups is 1. The summed E-state index contributed by atoms with van der Waals surface area (Å²) in [7, 11) is 3.28. The van der Waals surface area contributed by atoms with E-state index in [2.05, 4.69) is 0 Å². The maximum Gasteiger partial charge on any atom is 0.269 e. The molecule has 0 radical (unpaired) electrons. The lowest BCUT2D eigenvalue weighted by molar-refractivity contribution is -0.384. The number of amides is 1. The lowest BCUT2D eigenvalue weighted by Crippen LogP contribution is -2.31. The summed E-state index contributed by atoms with van der Waals surface area (Å²) < 4.78 is 5.32. The third kappa shape index (κ3) is 4.35. The first kappa shape index (κ1) is 18.4. The Morgan fingerprint density at radius 1 is 1.28 bits per heavy atom. The van der Waals surface area contributed by atoms with Crippen LogP contribution >= 0.6 is 0 Å². The molecule has 1 atom stereocenters. The Hall–Kier alpha value is -2.89. The molecule has 6 heteroatoms. The monoisotopic (exact) mass is 342 g/mol. The third-order valence-corrected chi connectivity index (χ3v) is 4.32. The highest BCUT2D eigenvalue weighted by atomic mass is 16.6. The number of ether oxygens (including phenoxy) is 1. The van der Waals surface area contributed by atoms with Gasteiger partial charge in [-0.05, 0) is 25.5 Å². The van der Waals surface area contributed by atoms with Crippen molar-refractivity contribution < 1.29 is 14.5 Å². The van der Waals surface area contributed by atoms with E-state index in [1.54, 1.807) is 31.2 Å². The molecule has 0 heterocycles. The van der Waals surface area contributed by atoms with Crippen molar-refractivity contribution in [2.45, 2.75) is 26.3 Å². The predicted octanol–water partition coefficient (Wildman–Crippen LogP) is 3.67. The van der Waals surface area contributed by atoms with Gasteiger partial charge in [-0.15, -0.1) is 0 Å². The average Bonchev–Trinajstić information content (AvgIpc) is 2.60. The first-order chi connectivity index (χ1) is 11.8. The summed E-state index contributed by atoms with van der Waals surface area (Å²) in [4.78, 5) is 24.8. The summed E-state index contributed by atoms with van der Waals surface area (Å²) in [5, 5.41) is 10.9. The first-order valence-corrected chi connectivity index (χ1v) is 7.97. The Labute approximate surface area is 147 Å². The van der Waals surface area contributed by atoms with E-state index in [0.717, 1.165) is 16.7 Å². The lowest BCUT2D eigenvalue weighted by atomic mass is 10.0. The largest absolute Gasteiger partial charge is 0.496 e. The molecule has 0 aromatic heterocycles. The van der Waals surface area contributed by atoms with Crippen LogP contribution in [0.25, 0.3) is 0 Å². The highest BCUT2D eigenvalue weighted by Crippen LogP contribution is 2.25. The molecule has 132 valence electrons. The third-order valence-electron chi connectivity index (χ3n) is 4.32. The zero-order valence-electron chi connectivity index (χ0n) is 14.9. The van der Waals surface area contributed by atoms with Crippen molar-refractivity contribution in [3.8, 4) is 5.75 Å². The zero-order chi connectivity index (χ0) is 18.6. The van der Waals surface area contributed by atoms with Crippen LogP contribution in [0.2, 0.25) is 0 Å². The molecular formula is C19H22N2O4. The molecule has 0 spiro atoms. The Bertz CT molecular complexity index is 789. The van der Waals surface area contributed by atoms with Crippen molar-refractivity contribution in [1.82, 2.24) is 4.90 Å². The lowest BCUT2D eigenvalue weighted by Gasteiger charge is -2.25. The van der Waals surface area contributed by atoms with Gasteiger partial charge < -0.3 is 9.64 Å². The minimum absolute atomic E-state index is 0.0190. The van der Waals surface area contributed by atoms with Gasteiger partial charge in [-0.1, -0.05) is 29.8 Å². The molecule has 0 fully saturated rings. The number of rotatable bonds is 6. The molecule has 0 N–H and O–H groups in total. The molecule has 25 heavy (non-hydrogen) atoms. The van der Waals surface area contributed by atoms with Crippen LogP contribution in [-0.4, -0.2) is 29.9 Å². The normalized spacial score (nSPS) is 11.7. The van der Waals surface area contributed by atoms with E-state index in [0.29, 0.717) is 5.75 Å². The first-order valence-electron chi connectivity index (χ1n) is 7.97. The highest BCUT2D eigenvalue weighted by molar-refractivity contribution is 5.79. The van der Waals surface area contributed by atoms with Crippen LogP contribution in [0.5, 0.6) is 5.75 Å². The number of nitrogens with zero attached hydrogens (tertiary/aromatic N) is 2. The van der Waals surface area contributed by atoms with Crippen LogP contribution in [-0.2, 0) is 11.2 Å². The van der Waals surface area contributed by atoms with Crippen LogP contribution in [0, 0.1) is 17.0 Å². The quantitative estimate of drug-likeness (QED) is 0.593. The minimum Gasteiger partial charge on any atom is -0.496 e. The number of hydrogen-bond acceptors (Lipinski definition) is 4. The fourth-order valence-electron chi connectivity index (χ4n) is 2.67. The number of benzene rings is 2. The van der Waals surface area contributed by atoms with Gasteiger partial charge in [0, 0.05) is 24.7 Å². The molecule has 0 aliphatic rings. The van der Waals surface area contributed by atoms with E-state index in [-0.39, 0.29) is 24.1 Å². The number of nitro benzene ring substituents is 1. The van der Waals surface area contributed by atoms with E-state index >= 15 is 0 Å². The summed E-state index contributed by atoms with van der Waals surface area (Å²) in [6, 6.07) is 11.8. The Kier molecular flexibility index (Phi) is 5.75. The van der Waals surface area contributed by atoms with Gasteiger partial charge in [0.15, 0.2) is 0 Å². The topological polar surface area (TPSA) is 72.7 Å². The maximum atomic E-state index is 12.7. The van der Waals surface area contributed by atoms with Crippen molar-refractivity contribution in [1.29, 1.82) is 0 Å². The second kappa shape index (κ2) is 7.79. The van der Waals surface area contributed by atoms with E-state index in [9.17, 15) is 14.9 Å². The molecule has 6 nitrogen and oxygen atoms in total. The summed E-state index contributed by atoms with van der Waals surface area (Å²) >= 11 is 0. The van der Waals surface area contributed by atoms with E-state index in [1.807, 2.05) is 32.0 Å². The minimum atomic E-state index is -0.435. The van der Waals surface area contributed by atoms with Crippen LogP contribution in [0.3, 0.4) is 0 Å². The van der Waals surface area contributed by atoms with Crippen molar-refractivity contribution in [3.63, 3.8) is 0 Å². The fourth-order valence-corrected chi connectivity index (χ4v) is 2.67. The van der Waals surface area contributed by atoms with Crippen LogP contribution in [0.4, 0.5) is 5.69 Å². The van der Waals surface area contributed by atoms with Crippen LogP contribution < -0.4 is 4.74 Å². The Balaban J connectivity index is 2.18. The van der Waals surface area contributed by atoms with Gasteiger partial charge >= 0.3 is 0 Å². The highest BCUT2D eigenvalue weighted by Gasteiger charge is 2.20. The van der Waals surface area contributed by atoms with Gasteiger partial charge in [0.1, 0.15) is 5.75 Å². The van der Waals surface area contributed by atoms with Crippen LogP contribution in [0.1, 0.15) is 29.7 Å². The molecule has 2 aromatic carbocycles. The Morgan fingerprint density at radius 3 is 2.64 bits per heavy atom. The number of hydrogen-bond donors (Lipinski definition) is 0. The van der Waals surface area contributed by atoms with Crippen molar-refractivity contribution in [3.05, 3.63) is 69.3 Å². The van der Waals surface area contributed by atoms with Gasteiger partial charge in [0.25, 0.3) is 5.69 Å². The molecule has 0 bridgehead atoms. The fraction of sp³-hybridized carbons (Fsp3) is 0.316. The van der Waals surface area contributed by atoms with E-state index in [1.165, 1.54) is 12.1 Å². The van der Waals surface area contributed by atoms with Gasteiger partial charge in [-0.3, -0.25) is 14.9 Å².